The summed E-state index contributed by atoms with van der Waals surface area (Å²) in [6.07, 6.45) is 8.32. The van der Waals surface area contributed by atoms with Gasteiger partial charge in [-0.3, -0.25) is 0 Å². The monoisotopic (exact) mass is 325 g/mol. The molecule has 2 rings (SSSR count). The molecule has 1 aromatic rings. The molecule has 0 bridgehead atoms. The summed E-state index contributed by atoms with van der Waals surface area (Å²) < 4.78 is 1.03. The Morgan fingerprint density at radius 3 is 2.58 bits per heavy atom. The van der Waals surface area contributed by atoms with Crippen molar-refractivity contribution in [3.05, 3.63) is 16.2 Å². The van der Waals surface area contributed by atoms with Crippen LogP contribution in [0.15, 0.2) is 10.7 Å². The minimum atomic E-state index is 0.606. The third-order valence-electron chi connectivity index (χ3n) is 4.56. The topological polar surface area (TPSA) is 42.2 Å². The zero-order chi connectivity index (χ0) is 14.0. The highest BCUT2D eigenvalue weighted by Crippen LogP contribution is 2.35. The summed E-state index contributed by atoms with van der Waals surface area (Å²) in [6, 6.07) is 0.606. The van der Waals surface area contributed by atoms with E-state index < -0.39 is 0 Å². The molecule has 1 aliphatic rings. The number of anilines is 2. The van der Waals surface area contributed by atoms with E-state index in [0.717, 1.165) is 27.5 Å². The van der Waals surface area contributed by atoms with E-state index in [9.17, 15) is 0 Å². The third-order valence-corrected chi connectivity index (χ3v) is 5.51. The Morgan fingerprint density at radius 2 is 2.00 bits per heavy atom. The van der Waals surface area contributed by atoms with Gasteiger partial charge in [0, 0.05) is 13.1 Å². The Kier molecular flexibility index (Phi) is 4.71. The van der Waals surface area contributed by atoms with Gasteiger partial charge in [0.1, 0.15) is 5.82 Å². The number of hydrogen-bond donors (Lipinski definition) is 1. The van der Waals surface area contributed by atoms with Crippen molar-refractivity contribution in [2.24, 2.45) is 5.92 Å². The maximum absolute atomic E-state index is 5.89. The molecule has 2 N–H and O–H groups in total. The lowest BCUT2D eigenvalue weighted by atomic mass is 9.84. The predicted molar refractivity (Wildman–Crippen MR) is 85.5 cm³/mol. The average molecular weight is 326 g/mol. The SMILES string of the molecule is CCC1CCC(N(C)c2ncc(N)c(C)c2Br)CC1. The molecule has 1 aliphatic carbocycles. The fraction of sp³-hybridized carbons (Fsp3) is 0.667. The molecule has 3 nitrogen and oxygen atoms in total. The molecular formula is C15H24BrN3. The number of hydrogen-bond acceptors (Lipinski definition) is 3. The van der Waals surface area contributed by atoms with Crippen LogP contribution < -0.4 is 10.6 Å². The van der Waals surface area contributed by atoms with Crippen LogP contribution in [0.3, 0.4) is 0 Å². The summed E-state index contributed by atoms with van der Waals surface area (Å²) >= 11 is 3.64. The largest absolute Gasteiger partial charge is 0.397 e. The lowest BCUT2D eigenvalue weighted by molar-refractivity contribution is 0.313. The molecule has 0 amide bonds. The first-order chi connectivity index (χ1) is 9.04. The standard InChI is InChI=1S/C15H24BrN3/c1-4-11-5-7-12(8-6-11)19(3)15-14(16)10(2)13(17)9-18-15/h9,11-12H,4-8,17H2,1-3H3. The lowest BCUT2D eigenvalue weighted by Crippen LogP contribution is -2.36. The molecule has 0 radical (unpaired) electrons. The van der Waals surface area contributed by atoms with E-state index in [4.69, 9.17) is 5.73 Å². The number of pyridine rings is 1. The zero-order valence-electron chi connectivity index (χ0n) is 12.1. The molecule has 0 unspecified atom stereocenters. The average Bonchev–Trinajstić information content (AvgIpc) is 2.44. The first-order valence-electron chi connectivity index (χ1n) is 7.18. The number of nitrogens with two attached hydrogens (primary N) is 1. The van der Waals surface area contributed by atoms with E-state index in [1.54, 1.807) is 6.20 Å². The molecule has 1 saturated carbocycles. The number of rotatable bonds is 3. The van der Waals surface area contributed by atoms with Crippen LogP contribution >= 0.6 is 15.9 Å². The summed E-state index contributed by atoms with van der Waals surface area (Å²) in [6.45, 7) is 4.34. The van der Waals surface area contributed by atoms with Crippen molar-refractivity contribution in [2.75, 3.05) is 17.7 Å². The Bertz CT molecular complexity index is 439. The van der Waals surface area contributed by atoms with Crippen molar-refractivity contribution in [1.82, 2.24) is 4.98 Å². The molecule has 0 atom stereocenters. The Hall–Kier alpha value is -0.770. The molecule has 0 aliphatic heterocycles. The molecule has 19 heavy (non-hydrogen) atoms. The summed E-state index contributed by atoms with van der Waals surface area (Å²) in [5.74, 6) is 1.95. The fourth-order valence-corrected chi connectivity index (χ4v) is 3.55. The Labute approximate surface area is 124 Å². The minimum absolute atomic E-state index is 0.606. The number of nitrogen functional groups attached to an aromatic ring is 1. The van der Waals surface area contributed by atoms with Gasteiger partial charge >= 0.3 is 0 Å². The van der Waals surface area contributed by atoms with Gasteiger partial charge in [-0.1, -0.05) is 13.3 Å². The Morgan fingerprint density at radius 1 is 1.37 bits per heavy atom. The molecular weight excluding hydrogens is 302 g/mol. The van der Waals surface area contributed by atoms with Crippen LogP contribution in [0.5, 0.6) is 0 Å². The second kappa shape index (κ2) is 6.12. The first kappa shape index (κ1) is 14.6. The normalized spacial score (nSPS) is 23.4. The highest BCUT2D eigenvalue weighted by molar-refractivity contribution is 9.10. The van der Waals surface area contributed by atoms with Crippen LogP contribution in [-0.2, 0) is 0 Å². The van der Waals surface area contributed by atoms with Crippen molar-refractivity contribution in [1.29, 1.82) is 0 Å². The molecule has 0 spiro atoms. The second-order valence-corrected chi connectivity index (χ2v) is 6.46. The van der Waals surface area contributed by atoms with Crippen molar-refractivity contribution >= 4 is 27.4 Å². The molecule has 1 heterocycles. The van der Waals surface area contributed by atoms with Crippen molar-refractivity contribution in [3.63, 3.8) is 0 Å². The van der Waals surface area contributed by atoms with Gasteiger partial charge in [0.2, 0.25) is 0 Å². The van der Waals surface area contributed by atoms with Crippen LogP contribution in [0.25, 0.3) is 0 Å². The summed E-state index contributed by atoms with van der Waals surface area (Å²) in [7, 11) is 2.15. The smallest absolute Gasteiger partial charge is 0.143 e. The van der Waals surface area contributed by atoms with E-state index in [0.29, 0.717) is 6.04 Å². The van der Waals surface area contributed by atoms with E-state index in [1.807, 2.05) is 6.92 Å². The quantitative estimate of drug-likeness (QED) is 0.908. The van der Waals surface area contributed by atoms with Crippen LogP contribution in [0.2, 0.25) is 0 Å². The highest BCUT2D eigenvalue weighted by Gasteiger charge is 2.25. The Balaban J connectivity index is 2.12. The van der Waals surface area contributed by atoms with Gasteiger partial charge in [0.25, 0.3) is 0 Å². The lowest BCUT2D eigenvalue weighted by Gasteiger charge is -2.35. The van der Waals surface area contributed by atoms with Gasteiger partial charge < -0.3 is 10.6 Å². The molecule has 106 valence electrons. The van der Waals surface area contributed by atoms with Gasteiger partial charge in [0.15, 0.2) is 0 Å². The number of aromatic nitrogens is 1. The van der Waals surface area contributed by atoms with Gasteiger partial charge in [-0.15, -0.1) is 0 Å². The number of nitrogens with zero attached hydrogens (tertiary/aromatic N) is 2. The first-order valence-corrected chi connectivity index (χ1v) is 7.97. The van der Waals surface area contributed by atoms with Crippen LogP contribution in [0.1, 0.15) is 44.6 Å². The number of halogens is 1. The molecule has 0 saturated heterocycles. The van der Waals surface area contributed by atoms with Gasteiger partial charge in [0.05, 0.1) is 16.4 Å². The summed E-state index contributed by atoms with van der Waals surface area (Å²) in [4.78, 5) is 6.83. The third kappa shape index (κ3) is 3.04. The molecule has 1 aromatic heterocycles. The highest BCUT2D eigenvalue weighted by atomic mass is 79.9. The van der Waals surface area contributed by atoms with Gasteiger partial charge in [-0.25, -0.2) is 4.98 Å². The minimum Gasteiger partial charge on any atom is -0.397 e. The molecule has 0 aromatic carbocycles. The second-order valence-electron chi connectivity index (χ2n) is 5.67. The van der Waals surface area contributed by atoms with E-state index >= 15 is 0 Å². The summed E-state index contributed by atoms with van der Waals surface area (Å²) in [5, 5.41) is 0. The molecule has 4 heteroatoms. The maximum atomic E-state index is 5.89. The molecule has 1 fully saturated rings. The zero-order valence-corrected chi connectivity index (χ0v) is 13.7. The van der Waals surface area contributed by atoms with Gasteiger partial charge in [-0.2, -0.15) is 0 Å². The van der Waals surface area contributed by atoms with Crippen molar-refractivity contribution < 1.29 is 0 Å². The van der Waals surface area contributed by atoms with E-state index in [-0.39, 0.29) is 0 Å². The summed E-state index contributed by atoms with van der Waals surface area (Å²) in [5.41, 5.74) is 7.72. The fourth-order valence-electron chi connectivity index (χ4n) is 2.94. The van der Waals surface area contributed by atoms with Crippen LogP contribution in [0.4, 0.5) is 11.5 Å². The van der Waals surface area contributed by atoms with Gasteiger partial charge in [-0.05, 0) is 60.0 Å². The van der Waals surface area contributed by atoms with E-state index in [1.165, 1.54) is 32.1 Å². The maximum Gasteiger partial charge on any atom is 0.143 e. The van der Waals surface area contributed by atoms with Crippen LogP contribution in [-0.4, -0.2) is 18.1 Å². The van der Waals surface area contributed by atoms with Crippen LogP contribution in [0, 0.1) is 12.8 Å². The van der Waals surface area contributed by atoms with E-state index in [2.05, 4.69) is 39.8 Å². The van der Waals surface area contributed by atoms with Crippen molar-refractivity contribution in [2.45, 2.75) is 52.0 Å². The predicted octanol–water partition coefficient (Wildman–Crippen LogP) is 4.14. The van der Waals surface area contributed by atoms with Crippen molar-refractivity contribution in [3.8, 4) is 0 Å².